The van der Waals surface area contributed by atoms with Gasteiger partial charge >= 0.3 is 0 Å². The summed E-state index contributed by atoms with van der Waals surface area (Å²) in [6.07, 6.45) is 6.69. The van der Waals surface area contributed by atoms with Crippen molar-refractivity contribution in [1.82, 2.24) is 0 Å². The molecule has 0 N–H and O–H groups in total. The predicted octanol–water partition coefficient (Wildman–Crippen LogP) is 5.77. The largest absolute Gasteiger partial charge is 0.282 e. The number of carbonyl (C=O) groups is 2. The molecule has 0 aliphatic carbocycles. The van der Waals surface area contributed by atoms with E-state index < -0.39 is 0 Å². The first-order chi connectivity index (χ1) is 12.0. The Morgan fingerprint density at radius 1 is 0.840 bits per heavy atom. The van der Waals surface area contributed by atoms with Gasteiger partial charge in [0.15, 0.2) is 0 Å². The van der Waals surface area contributed by atoms with Crippen LogP contribution in [0.5, 0.6) is 0 Å². The maximum Gasteiger partial charge on any atom is 0.216 e. The zero-order chi connectivity index (χ0) is 18.2. The highest BCUT2D eigenvalue weighted by atomic mass is 32.2. The van der Waals surface area contributed by atoms with Crippen LogP contribution in [0.3, 0.4) is 0 Å². The Bertz CT molecular complexity index is 833. The van der Waals surface area contributed by atoms with Gasteiger partial charge in [0.25, 0.3) is 0 Å². The highest BCUT2D eigenvalue weighted by molar-refractivity contribution is 8.14. The summed E-state index contributed by atoms with van der Waals surface area (Å²) in [5.41, 5.74) is 3.24. The molecule has 0 saturated carbocycles. The Morgan fingerprint density at radius 2 is 1.40 bits per heavy atom. The van der Waals surface area contributed by atoms with Crippen molar-refractivity contribution in [2.45, 2.75) is 16.7 Å². The SMILES string of the molecule is C=CC(=O)Sc1ccc(/C=C/c2ccc(SC(=O)C=C)cc2C)cc1. The molecule has 0 bridgehead atoms. The third kappa shape index (κ3) is 5.93. The molecule has 0 saturated heterocycles. The molecule has 0 fully saturated rings. The summed E-state index contributed by atoms with van der Waals surface area (Å²) < 4.78 is 0. The lowest BCUT2D eigenvalue weighted by molar-refractivity contribution is -0.107. The van der Waals surface area contributed by atoms with Crippen LogP contribution < -0.4 is 0 Å². The first kappa shape index (κ1) is 19.0. The summed E-state index contributed by atoms with van der Waals surface area (Å²) in [5.74, 6) is 0. The second-order valence-electron chi connectivity index (χ2n) is 5.17. The third-order valence-electron chi connectivity index (χ3n) is 3.35. The average molecular weight is 367 g/mol. The molecule has 4 heteroatoms. The molecule has 0 radical (unpaired) electrons. The summed E-state index contributed by atoms with van der Waals surface area (Å²) in [6, 6.07) is 13.7. The number of carbonyl (C=O) groups excluding carboxylic acids is 2. The van der Waals surface area contributed by atoms with Crippen molar-refractivity contribution >= 4 is 45.9 Å². The fourth-order valence-corrected chi connectivity index (χ4v) is 3.32. The average Bonchev–Trinajstić information content (AvgIpc) is 2.62. The Labute approximate surface area is 156 Å². The quantitative estimate of drug-likeness (QED) is 0.369. The first-order valence-corrected chi connectivity index (χ1v) is 9.22. The summed E-state index contributed by atoms with van der Waals surface area (Å²) in [5, 5.41) is -0.123. The molecule has 0 aliphatic heterocycles. The van der Waals surface area contributed by atoms with Crippen LogP contribution in [0.4, 0.5) is 0 Å². The van der Waals surface area contributed by atoms with Gasteiger partial charge in [-0.15, -0.1) is 0 Å². The molecular formula is C21H18O2S2. The van der Waals surface area contributed by atoms with Crippen molar-refractivity contribution in [2.75, 3.05) is 0 Å². The van der Waals surface area contributed by atoms with Crippen LogP contribution in [0.15, 0.2) is 77.6 Å². The van der Waals surface area contributed by atoms with E-state index in [9.17, 15) is 9.59 Å². The third-order valence-corrected chi connectivity index (χ3v) is 5.08. The summed E-state index contributed by atoms with van der Waals surface area (Å²) in [6.45, 7) is 8.96. The minimum absolute atomic E-state index is 0.0596. The minimum Gasteiger partial charge on any atom is -0.282 e. The van der Waals surface area contributed by atoms with Gasteiger partial charge in [-0.25, -0.2) is 0 Å². The number of thioether (sulfide) groups is 2. The molecule has 0 spiro atoms. The van der Waals surface area contributed by atoms with Gasteiger partial charge in [-0.3, -0.25) is 9.59 Å². The van der Waals surface area contributed by atoms with E-state index >= 15 is 0 Å². The molecular weight excluding hydrogens is 348 g/mol. The zero-order valence-electron chi connectivity index (χ0n) is 13.9. The van der Waals surface area contributed by atoms with Crippen molar-refractivity contribution < 1.29 is 9.59 Å². The lowest BCUT2D eigenvalue weighted by Crippen LogP contribution is -1.86. The van der Waals surface area contributed by atoms with Crippen molar-refractivity contribution in [2.24, 2.45) is 0 Å². The fourth-order valence-electron chi connectivity index (χ4n) is 2.05. The maximum atomic E-state index is 11.4. The second-order valence-corrected chi connectivity index (χ2v) is 7.33. The molecule has 2 aromatic carbocycles. The summed E-state index contributed by atoms with van der Waals surface area (Å²) >= 11 is 2.33. The number of aryl methyl sites for hydroxylation is 1. The van der Waals surface area contributed by atoms with E-state index in [1.165, 1.54) is 23.9 Å². The molecule has 0 unspecified atom stereocenters. The van der Waals surface area contributed by atoms with Crippen LogP contribution in [0.25, 0.3) is 12.2 Å². The lowest BCUT2D eigenvalue weighted by atomic mass is 10.1. The van der Waals surface area contributed by atoms with E-state index in [1.54, 1.807) is 0 Å². The van der Waals surface area contributed by atoms with E-state index in [4.69, 9.17) is 0 Å². The van der Waals surface area contributed by atoms with Crippen LogP contribution in [-0.2, 0) is 9.59 Å². The van der Waals surface area contributed by atoms with E-state index in [2.05, 4.69) is 13.2 Å². The Balaban J connectivity index is 2.08. The molecule has 25 heavy (non-hydrogen) atoms. The summed E-state index contributed by atoms with van der Waals surface area (Å²) in [4.78, 5) is 24.5. The van der Waals surface area contributed by atoms with Gasteiger partial charge in [0, 0.05) is 9.79 Å². The predicted molar refractivity (Wildman–Crippen MR) is 109 cm³/mol. The highest BCUT2D eigenvalue weighted by Crippen LogP contribution is 2.24. The van der Waals surface area contributed by atoms with Gasteiger partial charge in [0.05, 0.1) is 0 Å². The van der Waals surface area contributed by atoms with Crippen molar-refractivity contribution in [3.63, 3.8) is 0 Å². The Morgan fingerprint density at radius 3 is 1.96 bits per heavy atom. The smallest absolute Gasteiger partial charge is 0.216 e. The molecule has 2 aromatic rings. The maximum absolute atomic E-state index is 11.4. The van der Waals surface area contributed by atoms with E-state index in [1.807, 2.05) is 61.5 Å². The molecule has 2 rings (SSSR count). The molecule has 0 atom stereocenters. The van der Waals surface area contributed by atoms with Crippen LogP contribution >= 0.6 is 23.5 Å². The van der Waals surface area contributed by atoms with E-state index in [0.717, 1.165) is 38.2 Å². The standard InChI is InChI=1S/C21H18O2S2/c1-4-20(22)24-18-11-7-16(8-12-18)6-9-17-10-13-19(14-15(17)3)25-21(23)5-2/h4-14H,1-2H2,3H3/b9-6+. The molecule has 2 nitrogen and oxygen atoms in total. The number of hydrogen-bond donors (Lipinski definition) is 0. The van der Waals surface area contributed by atoms with Gasteiger partial charge in [-0.2, -0.15) is 0 Å². The van der Waals surface area contributed by atoms with Crippen molar-refractivity contribution in [1.29, 1.82) is 0 Å². The topological polar surface area (TPSA) is 34.1 Å². The molecule has 0 aromatic heterocycles. The van der Waals surface area contributed by atoms with E-state index in [0.29, 0.717) is 0 Å². The van der Waals surface area contributed by atoms with Gasteiger partial charge in [-0.1, -0.05) is 43.5 Å². The van der Waals surface area contributed by atoms with Crippen molar-refractivity contribution in [3.05, 3.63) is 84.5 Å². The highest BCUT2D eigenvalue weighted by Gasteiger charge is 2.03. The van der Waals surface area contributed by atoms with Gasteiger partial charge < -0.3 is 0 Å². The number of rotatable bonds is 6. The van der Waals surface area contributed by atoms with Crippen LogP contribution in [-0.4, -0.2) is 10.2 Å². The van der Waals surface area contributed by atoms with Gasteiger partial charge in [0.2, 0.25) is 10.2 Å². The lowest BCUT2D eigenvalue weighted by Gasteiger charge is -2.04. The monoisotopic (exact) mass is 366 g/mol. The molecule has 0 amide bonds. The van der Waals surface area contributed by atoms with Crippen molar-refractivity contribution in [3.8, 4) is 0 Å². The fraction of sp³-hybridized carbons (Fsp3) is 0.0476. The molecule has 0 aliphatic rings. The van der Waals surface area contributed by atoms with Crippen LogP contribution in [0.1, 0.15) is 16.7 Å². The normalized spacial score (nSPS) is 10.6. The first-order valence-electron chi connectivity index (χ1n) is 7.59. The Kier molecular flexibility index (Phi) is 7.04. The molecule has 0 heterocycles. The molecule has 126 valence electrons. The minimum atomic E-state index is -0.0631. The van der Waals surface area contributed by atoms with Gasteiger partial charge in [-0.05, 0) is 83.6 Å². The Hall–Kier alpha value is -2.30. The summed E-state index contributed by atoms with van der Waals surface area (Å²) in [7, 11) is 0. The van der Waals surface area contributed by atoms with E-state index in [-0.39, 0.29) is 10.2 Å². The number of hydrogen-bond acceptors (Lipinski definition) is 4. The number of benzene rings is 2. The van der Waals surface area contributed by atoms with Gasteiger partial charge in [0.1, 0.15) is 0 Å². The van der Waals surface area contributed by atoms with Crippen LogP contribution in [0, 0.1) is 6.92 Å². The second kappa shape index (κ2) is 9.25. The zero-order valence-corrected chi connectivity index (χ0v) is 15.5. The van der Waals surface area contributed by atoms with Crippen LogP contribution in [0.2, 0.25) is 0 Å².